The lowest BCUT2D eigenvalue weighted by molar-refractivity contribution is -0.144. The Morgan fingerprint density at radius 3 is 2.57 bits per heavy atom. The topological polar surface area (TPSA) is 42.9 Å². The van der Waals surface area contributed by atoms with Gasteiger partial charge in [0.2, 0.25) is 11.6 Å². The van der Waals surface area contributed by atoms with Crippen molar-refractivity contribution in [3.63, 3.8) is 0 Å². The first-order valence-electron chi connectivity index (χ1n) is 6.10. The van der Waals surface area contributed by atoms with Gasteiger partial charge in [0, 0.05) is 0 Å². The monoisotopic (exact) mass is 360 g/mol. The van der Waals surface area contributed by atoms with Gasteiger partial charge >= 0.3 is 6.18 Å². The first-order chi connectivity index (χ1) is 10.8. The van der Waals surface area contributed by atoms with Crippen LogP contribution in [-0.2, 0) is 6.18 Å². The SMILES string of the molecule is O=C(c1c(F)cccc1Cl)c1nc(C(F)(F)F)nc2ccsc12. The Bertz CT molecular complexity index is 903. The average Bonchev–Trinajstić information content (AvgIpc) is 2.93. The molecule has 0 aliphatic rings. The maximum Gasteiger partial charge on any atom is 0.451 e. The Morgan fingerprint density at radius 2 is 1.91 bits per heavy atom. The molecular weight excluding hydrogens is 356 g/mol. The maximum absolute atomic E-state index is 13.9. The number of fused-ring (bicyclic) bond motifs is 1. The van der Waals surface area contributed by atoms with E-state index in [1.165, 1.54) is 23.6 Å². The van der Waals surface area contributed by atoms with Crippen molar-refractivity contribution in [3.05, 3.63) is 57.6 Å². The Labute approximate surface area is 135 Å². The summed E-state index contributed by atoms with van der Waals surface area (Å²) in [6.07, 6.45) is -4.83. The molecule has 2 heterocycles. The molecule has 0 unspecified atom stereocenters. The van der Waals surface area contributed by atoms with Crippen LogP contribution >= 0.6 is 22.9 Å². The first-order valence-corrected chi connectivity index (χ1v) is 7.36. The number of hydrogen-bond acceptors (Lipinski definition) is 4. The summed E-state index contributed by atoms with van der Waals surface area (Å²) >= 11 is 6.80. The second kappa shape index (κ2) is 5.54. The van der Waals surface area contributed by atoms with E-state index in [0.29, 0.717) is 0 Å². The van der Waals surface area contributed by atoms with E-state index in [2.05, 4.69) is 9.97 Å². The van der Waals surface area contributed by atoms with Crippen molar-refractivity contribution >= 4 is 38.9 Å². The van der Waals surface area contributed by atoms with E-state index >= 15 is 0 Å². The molecule has 0 aliphatic heterocycles. The highest BCUT2D eigenvalue weighted by atomic mass is 35.5. The number of carbonyl (C=O) groups excluding carboxylic acids is 1. The molecule has 3 rings (SSSR count). The summed E-state index contributed by atoms with van der Waals surface area (Å²) < 4.78 is 52.7. The summed E-state index contributed by atoms with van der Waals surface area (Å²) in [5, 5.41) is 1.27. The van der Waals surface area contributed by atoms with Gasteiger partial charge in [0.15, 0.2) is 0 Å². The number of halogens is 5. The van der Waals surface area contributed by atoms with Gasteiger partial charge in [0.05, 0.1) is 20.8 Å². The normalized spacial score (nSPS) is 11.9. The number of alkyl halides is 3. The summed E-state index contributed by atoms with van der Waals surface area (Å²) in [4.78, 5) is 19.2. The van der Waals surface area contributed by atoms with E-state index in [4.69, 9.17) is 11.6 Å². The predicted molar refractivity (Wildman–Crippen MR) is 77.3 cm³/mol. The van der Waals surface area contributed by atoms with Gasteiger partial charge in [-0.05, 0) is 23.6 Å². The van der Waals surface area contributed by atoms with Gasteiger partial charge in [-0.15, -0.1) is 11.3 Å². The second-order valence-corrected chi connectivity index (χ2v) is 5.78. The summed E-state index contributed by atoms with van der Waals surface area (Å²) in [6, 6.07) is 4.89. The smallest absolute Gasteiger partial charge is 0.287 e. The second-order valence-electron chi connectivity index (χ2n) is 4.45. The number of thiophene rings is 1. The van der Waals surface area contributed by atoms with Crippen LogP contribution in [0.2, 0.25) is 5.02 Å². The van der Waals surface area contributed by atoms with E-state index < -0.39 is 34.9 Å². The third-order valence-electron chi connectivity index (χ3n) is 2.96. The molecule has 0 fully saturated rings. The van der Waals surface area contributed by atoms with Crippen LogP contribution in [0.25, 0.3) is 10.2 Å². The van der Waals surface area contributed by atoms with Crippen LogP contribution in [0.15, 0.2) is 29.6 Å². The lowest BCUT2D eigenvalue weighted by Gasteiger charge is -2.09. The Kier molecular flexibility index (Phi) is 3.81. The summed E-state index contributed by atoms with van der Waals surface area (Å²) in [5.41, 5.74) is -1.08. The molecule has 2 aromatic heterocycles. The van der Waals surface area contributed by atoms with Gasteiger partial charge in [0.1, 0.15) is 11.5 Å². The quantitative estimate of drug-likeness (QED) is 0.490. The van der Waals surface area contributed by atoms with Crippen molar-refractivity contribution in [1.29, 1.82) is 0 Å². The number of benzene rings is 1. The molecule has 0 bridgehead atoms. The lowest BCUT2D eigenvalue weighted by atomic mass is 10.1. The van der Waals surface area contributed by atoms with Crippen molar-refractivity contribution < 1.29 is 22.4 Å². The Balaban J connectivity index is 2.27. The fourth-order valence-corrected chi connectivity index (χ4v) is 3.04. The molecule has 0 aliphatic carbocycles. The highest BCUT2D eigenvalue weighted by molar-refractivity contribution is 7.17. The van der Waals surface area contributed by atoms with E-state index in [1.54, 1.807) is 0 Å². The molecule has 0 radical (unpaired) electrons. The van der Waals surface area contributed by atoms with Crippen molar-refractivity contribution in [1.82, 2.24) is 9.97 Å². The fourth-order valence-electron chi connectivity index (χ4n) is 1.98. The molecule has 118 valence electrons. The number of aromatic nitrogens is 2. The van der Waals surface area contributed by atoms with Gasteiger partial charge in [-0.2, -0.15) is 13.2 Å². The third-order valence-corrected chi connectivity index (χ3v) is 4.19. The predicted octanol–water partition coefficient (Wildman–Crippen LogP) is 4.73. The first kappa shape index (κ1) is 15.8. The van der Waals surface area contributed by atoms with Crippen LogP contribution < -0.4 is 0 Å². The molecule has 3 aromatic rings. The lowest BCUT2D eigenvalue weighted by Crippen LogP contribution is -2.16. The largest absolute Gasteiger partial charge is 0.451 e. The van der Waals surface area contributed by atoms with Gasteiger partial charge < -0.3 is 0 Å². The van der Waals surface area contributed by atoms with Gasteiger partial charge in [-0.25, -0.2) is 14.4 Å². The van der Waals surface area contributed by atoms with Crippen LogP contribution in [0, 0.1) is 5.82 Å². The minimum Gasteiger partial charge on any atom is -0.287 e. The molecule has 23 heavy (non-hydrogen) atoms. The molecule has 3 nitrogen and oxygen atoms in total. The minimum absolute atomic E-state index is 0.0341. The van der Waals surface area contributed by atoms with Crippen molar-refractivity contribution in [2.24, 2.45) is 0 Å². The Morgan fingerprint density at radius 1 is 1.17 bits per heavy atom. The molecule has 1 aromatic carbocycles. The van der Waals surface area contributed by atoms with Gasteiger partial charge in [0.25, 0.3) is 0 Å². The van der Waals surface area contributed by atoms with Gasteiger partial charge in [-0.1, -0.05) is 17.7 Å². The summed E-state index contributed by atoms with van der Waals surface area (Å²) in [5.74, 6) is -3.41. The van der Waals surface area contributed by atoms with Crippen molar-refractivity contribution in [3.8, 4) is 0 Å². The third kappa shape index (κ3) is 2.79. The van der Waals surface area contributed by atoms with Crippen molar-refractivity contribution in [2.75, 3.05) is 0 Å². The molecule has 0 atom stereocenters. The van der Waals surface area contributed by atoms with Gasteiger partial charge in [-0.3, -0.25) is 4.79 Å². The standard InChI is InChI=1S/C14H5ClF4N2OS/c15-6-2-1-3-7(16)9(6)11(22)10-12-8(4-5-23-12)20-13(21-10)14(17,18)19/h1-5H. The van der Waals surface area contributed by atoms with Crippen LogP contribution in [0.1, 0.15) is 21.9 Å². The number of carbonyl (C=O) groups is 1. The van der Waals surface area contributed by atoms with Crippen LogP contribution in [0.5, 0.6) is 0 Å². The average molecular weight is 361 g/mol. The van der Waals surface area contributed by atoms with Crippen LogP contribution in [-0.4, -0.2) is 15.8 Å². The zero-order valence-electron chi connectivity index (χ0n) is 11.0. The molecule has 0 N–H and O–H groups in total. The Hall–Kier alpha value is -2.06. The highest BCUT2D eigenvalue weighted by Crippen LogP contribution is 2.32. The summed E-state index contributed by atoms with van der Waals surface area (Å²) in [7, 11) is 0. The van der Waals surface area contributed by atoms with E-state index in [1.807, 2.05) is 0 Å². The van der Waals surface area contributed by atoms with E-state index in [9.17, 15) is 22.4 Å². The number of nitrogens with zero attached hydrogens (tertiary/aromatic N) is 2. The summed E-state index contributed by atoms with van der Waals surface area (Å²) in [6.45, 7) is 0. The molecule has 0 saturated heterocycles. The molecule has 0 amide bonds. The van der Waals surface area contributed by atoms with E-state index in [-0.39, 0.29) is 15.2 Å². The zero-order valence-corrected chi connectivity index (χ0v) is 12.6. The van der Waals surface area contributed by atoms with Crippen LogP contribution in [0.4, 0.5) is 17.6 Å². The number of ketones is 1. The van der Waals surface area contributed by atoms with Crippen LogP contribution in [0.3, 0.4) is 0 Å². The van der Waals surface area contributed by atoms with Crippen molar-refractivity contribution in [2.45, 2.75) is 6.18 Å². The minimum atomic E-state index is -4.83. The van der Waals surface area contributed by atoms with E-state index in [0.717, 1.165) is 17.4 Å². The molecule has 0 spiro atoms. The molecule has 0 saturated carbocycles. The fraction of sp³-hybridized carbons (Fsp3) is 0.0714. The number of hydrogen-bond donors (Lipinski definition) is 0. The molecular formula is C14H5ClF4N2OS. The zero-order chi connectivity index (χ0) is 16.8. The molecule has 9 heteroatoms. The maximum atomic E-state index is 13.9. The number of rotatable bonds is 2. The highest BCUT2D eigenvalue weighted by Gasteiger charge is 2.36.